The summed E-state index contributed by atoms with van der Waals surface area (Å²) in [4.78, 5) is 51.5. The van der Waals surface area contributed by atoms with Crippen LogP contribution in [-0.2, 0) is 19.1 Å². The molecule has 0 spiro atoms. The van der Waals surface area contributed by atoms with Crippen molar-refractivity contribution in [1.29, 1.82) is 0 Å². The minimum absolute atomic E-state index is 0.109. The number of rotatable bonds is 12. The highest BCUT2D eigenvalue weighted by Crippen LogP contribution is 2.42. The fourth-order valence-corrected chi connectivity index (χ4v) is 6.57. The van der Waals surface area contributed by atoms with E-state index in [0.29, 0.717) is 21.8 Å². The van der Waals surface area contributed by atoms with Gasteiger partial charge in [-0.15, -0.1) is 0 Å². The van der Waals surface area contributed by atoms with Crippen molar-refractivity contribution >= 4 is 119 Å². The molecule has 218 valence electrons. The van der Waals surface area contributed by atoms with Crippen molar-refractivity contribution in [2.75, 3.05) is 13.2 Å². The summed E-state index contributed by atoms with van der Waals surface area (Å²) in [5.41, 5.74) is -0.217. The second kappa shape index (κ2) is 17.3. The maximum atomic E-state index is 12.9. The number of halogens is 6. The minimum Gasteiger partial charge on any atom is -0.462 e. The van der Waals surface area contributed by atoms with Gasteiger partial charge in [0.25, 0.3) is 0 Å². The van der Waals surface area contributed by atoms with Gasteiger partial charge in [0.1, 0.15) is 11.1 Å². The van der Waals surface area contributed by atoms with Crippen LogP contribution in [0.15, 0.2) is 39.0 Å². The zero-order valence-corrected chi connectivity index (χ0v) is 30.9. The molecule has 8 nitrogen and oxygen atoms in total. The largest absolute Gasteiger partial charge is 0.462 e. The van der Waals surface area contributed by atoms with E-state index in [2.05, 4.69) is 95.6 Å². The van der Waals surface area contributed by atoms with Crippen LogP contribution in [0.4, 0.5) is 0 Å². The SMILES string of the molecule is CCCCCOC(=O)c1c(Br)c(Br)cc(Br)c1OC(=O)C(=O)Oc1c(Br)cc(Br)c(Br)c1C(=O)OCCCCC. The van der Waals surface area contributed by atoms with Gasteiger partial charge in [0.15, 0.2) is 11.5 Å². The third kappa shape index (κ3) is 9.62. The van der Waals surface area contributed by atoms with Crippen LogP contribution >= 0.6 is 95.6 Å². The van der Waals surface area contributed by atoms with E-state index >= 15 is 0 Å². The van der Waals surface area contributed by atoms with Crippen LogP contribution in [0.1, 0.15) is 73.1 Å². The molecule has 0 bridgehead atoms. The highest BCUT2D eigenvalue weighted by molar-refractivity contribution is 9.13. The maximum absolute atomic E-state index is 12.9. The summed E-state index contributed by atoms with van der Waals surface area (Å²) >= 11 is 19.8. The van der Waals surface area contributed by atoms with Gasteiger partial charge < -0.3 is 18.9 Å². The normalized spacial score (nSPS) is 10.7. The molecule has 40 heavy (non-hydrogen) atoms. The fourth-order valence-electron chi connectivity index (χ4n) is 3.17. The first-order valence-electron chi connectivity index (χ1n) is 12.1. The van der Waals surface area contributed by atoms with Gasteiger partial charge in [-0.1, -0.05) is 39.5 Å². The summed E-state index contributed by atoms with van der Waals surface area (Å²) in [6, 6.07) is 3.06. The predicted molar refractivity (Wildman–Crippen MR) is 170 cm³/mol. The third-order valence-corrected chi connectivity index (χ3v) is 10.3. The van der Waals surface area contributed by atoms with Crippen LogP contribution in [0.5, 0.6) is 11.5 Å². The highest BCUT2D eigenvalue weighted by Gasteiger charge is 2.31. The molecule has 0 fully saturated rings. The molecule has 0 unspecified atom stereocenters. The van der Waals surface area contributed by atoms with Gasteiger partial charge in [-0.2, -0.15) is 0 Å². The molecular formula is C26H24Br6O8. The minimum atomic E-state index is -1.44. The Morgan fingerprint density at radius 3 is 1.25 bits per heavy atom. The lowest BCUT2D eigenvalue weighted by molar-refractivity contribution is -0.156. The van der Waals surface area contributed by atoms with Crippen molar-refractivity contribution in [2.45, 2.75) is 52.4 Å². The smallest absolute Gasteiger partial charge is 0.423 e. The quantitative estimate of drug-likeness (QED) is 0.0682. The summed E-state index contributed by atoms with van der Waals surface area (Å²) in [6.07, 6.45) is 4.96. The molecule has 0 radical (unpaired) electrons. The van der Waals surface area contributed by atoms with Crippen LogP contribution in [0.25, 0.3) is 0 Å². The number of carbonyl (C=O) groups excluding carboxylic acids is 4. The van der Waals surface area contributed by atoms with Crippen LogP contribution in [0.3, 0.4) is 0 Å². The maximum Gasteiger partial charge on any atom is 0.423 e. The van der Waals surface area contributed by atoms with E-state index in [1.165, 1.54) is 12.1 Å². The first kappa shape index (κ1) is 35.4. The number of hydrogen-bond donors (Lipinski definition) is 0. The Morgan fingerprint density at radius 1 is 0.575 bits per heavy atom. The number of hydrogen-bond acceptors (Lipinski definition) is 8. The number of unbranched alkanes of at least 4 members (excludes halogenated alkanes) is 4. The summed E-state index contributed by atoms with van der Waals surface area (Å²) in [6.45, 7) is 4.38. The molecule has 2 aromatic rings. The average Bonchev–Trinajstić information content (AvgIpc) is 2.90. The fraction of sp³-hybridized carbons (Fsp3) is 0.385. The van der Waals surface area contributed by atoms with Crippen molar-refractivity contribution in [1.82, 2.24) is 0 Å². The van der Waals surface area contributed by atoms with E-state index in [1.807, 2.05) is 13.8 Å². The Labute approximate surface area is 282 Å². The number of benzene rings is 2. The molecule has 0 aliphatic heterocycles. The second-order valence-corrected chi connectivity index (χ2v) is 13.2. The summed E-state index contributed by atoms with van der Waals surface area (Å²) in [5, 5.41) is 0. The zero-order valence-electron chi connectivity index (χ0n) is 21.3. The molecular weight excluding hydrogens is 920 g/mol. The van der Waals surface area contributed by atoms with Crippen molar-refractivity contribution in [3.63, 3.8) is 0 Å². The van der Waals surface area contributed by atoms with E-state index < -0.39 is 23.9 Å². The molecule has 2 aromatic carbocycles. The van der Waals surface area contributed by atoms with E-state index in [4.69, 9.17) is 18.9 Å². The number of ether oxygens (including phenoxy) is 4. The second-order valence-electron chi connectivity index (χ2n) is 8.18. The van der Waals surface area contributed by atoms with Crippen LogP contribution in [0.2, 0.25) is 0 Å². The molecule has 0 aromatic heterocycles. The van der Waals surface area contributed by atoms with Gasteiger partial charge in [0.2, 0.25) is 0 Å². The predicted octanol–water partition coefficient (Wildman–Crippen LogP) is 9.47. The van der Waals surface area contributed by atoms with E-state index in [0.717, 1.165) is 25.7 Å². The molecule has 0 atom stereocenters. The third-order valence-electron chi connectivity index (χ3n) is 5.18. The van der Waals surface area contributed by atoms with Gasteiger partial charge in [0, 0.05) is 8.95 Å². The molecule has 0 heterocycles. The molecule has 14 heteroatoms. The van der Waals surface area contributed by atoms with Crippen LogP contribution in [-0.4, -0.2) is 37.1 Å². The van der Waals surface area contributed by atoms with Gasteiger partial charge in [0.05, 0.1) is 31.1 Å². The van der Waals surface area contributed by atoms with Crippen LogP contribution in [0, 0.1) is 0 Å². The van der Waals surface area contributed by atoms with Gasteiger partial charge in [-0.25, -0.2) is 19.2 Å². The van der Waals surface area contributed by atoms with Gasteiger partial charge >= 0.3 is 23.9 Å². The Kier molecular flexibility index (Phi) is 15.4. The molecule has 0 amide bonds. The first-order valence-corrected chi connectivity index (χ1v) is 16.8. The van der Waals surface area contributed by atoms with Gasteiger partial charge in [-0.3, -0.25) is 0 Å². The van der Waals surface area contributed by atoms with Crippen molar-refractivity contribution < 1.29 is 38.1 Å². The molecule has 0 saturated carbocycles. The Balaban J connectivity index is 2.34. The lowest BCUT2D eigenvalue weighted by Crippen LogP contribution is -2.27. The number of carbonyl (C=O) groups is 4. The summed E-state index contributed by atoms with van der Waals surface area (Å²) < 4.78 is 23.2. The zero-order chi connectivity index (χ0) is 30.0. The molecule has 0 aliphatic carbocycles. The molecule has 0 N–H and O–H groups in total. The van der Waals surface area contributed by atoms with Crippen molar-refractivity contribution in [3.8, 4) is 11.5 Å². The number of esters is 4. The lowest BCUT2D eigenvalue weighted by Gasteiger charge is -2.16. The van der Waals surface area contributed by atoms with Crippen LogP contribution < -0.4 is 9.47 Å². The average molecular weight is 944 g/mol. The highest BCUT2D eigenvalue weighted by atomic mass is 79.9. The molecule has 2 rings (SSSR count). The Morgan fingerprint density at radius 2 is 0.925 bits per heavy atom. The van der Waals surface area contributed by atoms with E-state index in [9.17, 15) is 19.2 Å². The summed E-state index contributed by atoms with van der Waals surface area (Å²) in [5.74, 6) is -4.89. The lowest BCUT2D eigenvalue weighted by atomic mass is 10.2. The van der Waals surface area contributed by atoms with Crippen molar-refractivity contribution in [2.24, 2.45) is 0 Å². The molecule has 0 aliphatic rings. The summed E-state index contributed by atoms with van der Waals surface area (Å²) in [7, 11) is 0. The van der Waals surface area contributed by atoms with Gasteiger partial charge in [-0.05, 0) is 121 Å². The van der Waals surface area contributed by atoms with E-state index in [-0.39, 0.29) is 53.7 Å². The Hall–Kier alpha value is -0.800. The topological polar surface area (TPSA) is 105 Å². The monoisotopic (exact) mass is 938 g/mol. The molecule has 0 saturated heterocycles. The van der Waals surface area contributed by atoms with Crippen molar-refractivity contribution in [3.05, 3.63) is 50.1 Å². The standard InChI is InChI=1S/C26H24Br6O8/c1-3-5-7-9-37-23(33)17-19(31)13(27)11-15(29)21(17)39-25(35)26(36)40-22-16(30)12-14(28)20(32)18(22)24(34)38-10-8-6-4-2/h11-12H,3-10H2,1-2H3. The first-order chi connectivity index (χ1) is 18.9. The Bertz CT molecular complexity index is 1180. The van der Waals surface area contributed by atoms with E-state index in [1.54, 1.807) is 0 Å².